The van der Waals surface area contributed by atoms with Gasteiger partial charge in [-0.05, 0) is 29.8 Å². The first-order valence-electron chi connectivity index (χ1n) is 6.32. The summed E-state index contributed by atoms with van der Waals surface area (Å²) in [6, 6.07) is 0. The maximum Gasteiger partial charge on any atom is 0.209 e. The van der Waals surface area contributed by atoms with Gasteiger partial charge in [-0.25, -0.2) is 4.68 Å². The first-order valence-corrected chi connectivity index (χ1v) is 7.20. The Morgan fingerprint density at radius 3 is 2.67 bits per heavy atom. The molecule has 2 N–H and O–H groups in total. The summed E-state index contributed by atoms with van der Waals surface area (Å²) in [5.41, 5.74) is 0. The zero-order valence-corrected chi connectivity index (χ0v) is 12.3. The van der Waals surface area contributed by atoms with Crippen molar-refractivity contribution in [3.05, 3.63) is 0 Å². The molecule has 0 aliphatic rings. The lowest BCUT2D eigenvalue weighted by Gasteiger charge is -2.13. The highest BCUT2D eigenvalue weighted by Gasteiger charge is 2.15. The molecule has 0 bridgehead atoms. The van der Waals surface area contributed by atoms with Crippen molar-refractivity contribution in [3.63, 3.8) is 0 Å². The molecular formula is C11H23N5OS. The van der Waals surface area contributed by atoms with Crippen molar-refractivity contribution in [2.24, 2.45) is 5.92 Å². The van der Waals surface area contributed by atoms with Crippen LogP contribution in [0.1, 0.15) is 27.7 Å². The Morgan fingerprint density at radius 2 is 2.06 bits per heavy atom. The van der Waals surface area contributed by atoms with Gasteiger partial charge in [0.15, 0.2) is 0 Å². The van der Waals surface area contributed by atoms with Gasteiger partial charge in [-0.2, -0.15) is 0 Å². The molecule has 1 rings (SSSR count). The molecule has 0 aliphatic heterocycles. The Hall–Kier alpha value is -0.660. The van der Waals surface area contributed by atoms with Crippen molar-refractivity contribution in [1.29, 1.82) is 0 Å². The maximum atomic E-state index is 9.47. The summed E-state index contributed by atoms with van der Waals surface area (Å²) >= 11 is 1.50. The molecule has 7 heteroatoms. The summed E-state index contributed by atoms with van der Waals surface area (Å²) in [6.07, 6.45) is -0.376. The number of aliphatic hydroxyl groups excluding tert-OH is 1. The van der Waals surface area contributed by atoms with Crippen molar-refractivity contribution in [1.82, 2.24) is 25.5 Å². The van der Waals surface area contributed by atoms with Crippen LogP contribution in [-0.2, 0) is 6.54 Å². The fourth-order valence-electron chi connectivity index (χ4n) is 1.26. The average molecular weight is 273 g/mol. The van der Waals surface area contributed by atoms with Gasteiger partial charge in [0.1, 0.15) is 0 Å². The Kier molecular flexibility index (Phi) is 6.59. The van der Waals surface area contributed by atoms with E-state index in [4.69, 9.17) is 0 Å². The van der Waals surface area contributed by atoms with Gasteiger partial charge in [0, 0.05) is 11.8 Å². The maximum absolute atomic E-state index is 9.47. The number of rotatable bonds is 8. The quantitative estimate of drug-likeness (QED) is 0.538. The number of thioether (sulfide) groups is 1. The first-order chi connectivity index (χ1) is 8.50. The number of aromatic nitrogens is 4. The molecule has 0 radical (unpaired) electrons. The normalized spacial score (nSPS) is 15.0. The molecule has 0 aromatic carbocycles. The summed E-state index contributed by atoms with van der Waals surface area (Å²) in [4.78, 5) is 0. The minimum Gasteiger partial charge on any atom is -0.392 e. The molecule has 0 saturated heterocycles. The number of nitrogens with one attached hydrogen (secondary N) is 1. The van der Waals surface area contributed by atoms with Crippen molar-refractivity contribution >= 4 is 11.8 Å². The van der Waals surface area contributed by atoms with E-state index in [1.54, 1.807) is 11.6 Å². The topological polar surface area (TPSA) is 75.9 Å². The van der Waals surface area contributed by atoms with Crippen LogP contribution in [0.25, 0.3) is 0 Å². The molecule has 0 aliphatic carbocycles. The zero-order chi connectivity index (χ0) is 13.5. The Labute approximate surface area is 113 Å². The highest BCUT2D eigenvalue weighted by molar-refractivity contribution is 7.99. The van der Waals surface area contributed by atoms with Crippen molar-refractivity contribution < 1.29 is 5.11 Å². The number of nitrogens with zero attached hydrogens (tertiary/aromatic N) is 4. The zero-order valence-electron chi connectivity index (χ0n) is 11.5. The molecule has 1 aromatic rings. The number of hydrogen-bond donors (Lipinski definition) is 2. The highest BCUT2D eigenvalue weighted by atomic mass is 32.2. The average Bonchev–Trinajstić information content (AvgIpc) is 2.71. The second-order valence-electron chi connectivity index (χ2n) is 4.85. The lowest BCUT2D eigenvalue weighted by molar-refractivity contribution is 0.196. The van der Waals surface area contributed by atoms with Gasteiger partial charge >= 0.3 is 0 Å². The summed E-state index contributed by atoms with van der Waals surface area (Å²) in [5.74, 6) is 0.642. The molecule has 1 heterocycles. The van der Waals surface area contributed by atoms with E-state index < -0.39 is 0 Å². The van der Waals surface area contributed by atoms with E-state index in [0.29, 0.717) is 5.92 Å². The van der Waals surface area contributed by atoms with E-state index in [-0.39, 0.29) is 11.4 Å². The third-order valence-electron chi connectivity index (χ3n) is 2.52. The molecule has 104 valence electrons. The summed E-state index contributed by atoms with van der Waals surface area (Å²) in [7, 11) is 0. The second kappa shape index (κ2) is 7.70. The molecule has 2 atom stereocenters. The van der Waals surface area contributed by atoms with E-state index in [0.717, 1.165) is 24.8 Å². The number of tetrazole rings is 1. The van der Waals surface area contributed by atoms with Gasteiger partial charge in [-0.1, -0.05) is 32.5 Å². The summed E-state index contributed by atoms with van der Waals surface area (Å²) < 4.78 is 1.77. The Balaban J connectivity index is 2.40. The molecule has 0 saturated carbocycles. The minimum absolute atomic E-state index is 0.0818. The van der Waals surface area contributed by atoms with Crippen molar-refractivity contribution in [2.75, 3.05) is 13.1 Å². The van der Waals surface area contributed by atoms with E-state index in [9.17, 15) is 5.11 Å². The lowest BCUT2D eigenvalue weighted by atomic mass is 10.2. The highest BCUT2D eigenvalue weighted by Crippen LogP contribution is 2.22. The lowest BCUT2D eigenvalue weighted by Crippen LogP contribution is -2.25. The summed E-state index contributed by atoms with van der Waals surface area (Å²) in [5, 5.41) is 25.3. The van der Waals surface area contributed by atoms with Crippen LogP contribution in [0.5, 0.6) is 0 Å². The Morgan fingerprint density at radius 1 is 1.33 bits per heavy atom. The van der Waals surface area contributed by atoms with Crippen molar-refractivity contribution in [2.45, 2.75) is 50.8 Å². The van der Waals surface area contributed by atoms with Crippen LogP contribution in [0.2, 0.25) is 0 Å². The van der Waals surface area contributed by atoms with Crippen LogP contribution in [0, 0.1) is 5.92 Å². The van der Waals surface area contributed by atoms with E-state index in [1.165, 1.54) is 11.8 Å². The van der Waals surface area contributed by atoms with E-state index >= 15 is 0 Å². The molecule has 1 aromatic heterocycles. The molecule has 18 heavy (non-hydrogen) atoms. The molecule has 0 spiro atoms. The smallest absolute Gasteiger partial charge is 0.209 e. The molecular weight excluding hydrogens is 250 g/mol. The molecule has 0 amide bonds. The Bertz CT molecular complexity index is 342. The number of aliphatic hydroxyl groups is 1. The monoisotopic (exact) mass is 273 g/mol. The molecule has 6 nitrogen and oxygen atoms in total. The second-order valence-corrected chi connectivity index (χ2v) is 6.19. The first kappa shape index (κ1) is 15.4. The van der Waals surface area contributed by atoms with Gasteiger partial charge in [-0.15, -0.1) is 5.10 Å². The fourth-order valence-corrected chi connectivity index (χ4v) is 2.12. The predicted molar refractivity (Wildman–Crippen MR) is 72.5 cm³/mol. The third-order valence-corrected chi connectivity index (χ3v) is 3.79. The van der Waals surface area contributed by atoms with Crippen LogP contribution in [0.3, 0.4) is 0 Å². The summed E-state index contributed by atoms with van der Waals surface area (Å²) in [6.45, 7) is 10.7. The predicted octanol–water partition coefficient (Wildman–Crippen LogP) is 0.780. The van der Waals surface area contributed by atoms with Crippen LogP contribution in [0.4, 0.5) is 0 Å². The van der Waals surface area contributed by atoms with Crippen LogP contribution < -0.4 is 5.32 Å². The van der Waals surface area contributed by atoms with Gasteiger partial charge in [0.25, 0.3) is 0 Å². The van der Waals surface area contributed by atoms with E-state index in [1.807, 2.05) is 6.92 Å². The number of hydrogen-bond acceptors (Lipinski definition) is 6. The van der Waals surface area contributed by atoms with Gasteiger partial charge in [0.05, 0.1) is 12.6 Å². The molecule has 2 unspecified atom stereocenters. The van der Waals surface area contributed by atoms with E-state index in [2.05, 4.69) is 34.7 Å². The van der Waals surface area contributed by atoms with Crippen LogP contribution in [0.15, 0.2) is 5.16 Å². The minimum atomic E-state index is -0.376. The van der Waals surface area contributed by atoms with Crippen LogP contribution >= 0.6 is 11.8 Å². The third kappa shape index (κ3) is 5.32. The SMILES string of the molecule is CC(C)CNCCn1nnnc1SC(C)C(C)O. The van der Waals surface area contributed by atoms with Gasteiger partial charge in [-0.3, -0.25) is 0 Å². The van der Waals surface area contributed by atoms with Gasteiger partial charge in [0.2, 0.25) is 5.16 Å². The molecule has 0 fully saturated rings. The standard InChI is InChI=1S/C11H23N5OS/c1-8(2)7-12-5-6-16-11(13-14-15-16)18-10(4)9(3)17/h8-10,12,17H,5-7H2,1-4H3. The van der Waals surface area contributed by atoms with Gasteiger partial charge < -0.3 is 10.4 Å². The fraction of sp³-hybridized carbons (Fsp3) is 0.909. The van der Waals surface area contributed by atoms with Crippen molar-refractivity contribution in [3.8, 4) is 0 Å². The van der Waals surface area contributed by atoms with Crippen LogP contribution in [-0.4, -0.2) is 49.8 Å². The largest absolute Gasteiger partial charge is 0.392 e.